The number of nitrogens with one attached hydrogen (secondary N) is 1. The van der Waals surface area contributed by atoms with Crippen LogP contribution in [-0.2, 0) is 14.3 Å². The molecule has 0 aliphatic rings. The maximum absolute atomic E-state index is 12.4. The molecule has 6 heteroatoms. The van der Waals surface area contributed by atoms with Crippen LogP contribution in [0.3, 0.4) is 0 Å². The standard InChI is InChI=1S/C63H117NO5/c1-3-5-7-9-11-13-15-16-17-18-24-28-31-34-37-41-45-49-53-57-63(68)69-58-54-50-46-42-38-35-32-29-26-23-21-19-20-22-25-27-30-33-36-40-44-48-52-56-62(67)64-60(59-65)61(66)55-51-47-43-39-14-12-10-8-6-4-2/h11,13,16-17,22,25,51,55,60-61,65-66H,3-10,12,14-15,18-21,23-24,26-50,52-54,56-59H2,1-2H3,(H,64,67)/b13-11-,17-16-,25-22-,55-51+. The number of unbranched alkanes of at least 4 members (excludes halogenated alkanes) is 39. The Morgan fingerprint density at radius 3 is 1.14 bits per heavy atom. The molecule has 1 amide bonds. The van der Waals surface area contributed by atoms with E-state index in [0.717, 1.165) is 57.8 Å². The summed E-state index contributed by atoms with van der Waals surface area (Å²) >= 11 is 0. The third-order valence-electron chi connectivity index (χ3n) is 13.8. The molecule has 3 N–H and O–H groups in total. The average Bonchev–Trinajstić information content (AvgIpc) is 3.35. The molecule has 0 aromatic heterocycles. The summed E-state index contributed by atoms with van der Waals surface area (Å²) in [4.78, 5) is 24.5. The van der Waals surface area contributed by atoms with Crippen LogP contribution < -0.4 is 5.32 Å². The number of allylic oxidation sites excluding steroid dienone is 7. The second-order valence-electron chi connectivity index (χ2n) is 20.7. The van der Waals surface area contributed by atoms with E-state index >= 15 is 0 Å². The third kappa shape index (κ3) is 55.0. The Labute approximate surface area is 429 Å². The van der Waals surface area contributed by atoms with Crippen LogP contribution in [0.1, 0.15) is 316 Å². The second-order valence-corrected chi connectivity index (χ2v) is 20.7. The summed E-state index contributed by atoms with van der Waals surface area (Å²) in [5.74, 6) is -0.0699. The largest absolute Gasteiger partial charge is 0.466 e. The normalized spacial score (nSPS) is 12.9. The number of carbonyl (C=O) groups is 2. The molecule has 0 aromatic carbocycles. The molecule has 2 atom stereocenters. The highest BCUT2D eigenvalue weighted by Gasteiger charge is 2.18. The fraction of sp³-hybridized carbons (Fsp3) is 0.841. The Balaban J connectivity index is 3.39. The number of ether oxygens (including phenoxy) is 1. The molecule has 0 aromatic rings. The van der Waals surface area contributed by atoms with Gasteiger partial charge in [-0.25, -0.2) is 0 Å². The lowest BCUT2D eigenvalue weighted by molar-refractivity contribution is -0.143. The number of hydrogen-bond donors (Lipinski definition) is 3. The quantitative estimate of drug-likeness (QED) is 0.0321. The third-order valence-corrected chi connectivity index (χ3v) is 13.8. The highest BCUT2D eigenvalue weighted by Crippen LogP contribution is 2.16. The van der Waals surface area contributed by atoms with Crippen molar-refractivity contribution in [1.82, 2.24) is 5.32 Å². The van der Waals surface area contributed by atoms with Crippen LogP contribution in [0.2, 0.25) is 0 Å². The van der Waals surface area contributed by atoms with E-state index in [-0.39, 0.29) is 18.5 Å². The molecular formula is C63H117NO5. The van der Waals surface area contributed by atoms with Crippen molar-refractivity contribution in [3.63, 3.8) is 0 Å². The lowest BCUT2D eigenvalue weighted by Gasteiger charge is -2.20. The van der Waals surface area contributed by atoms with Crippen molar-refractivity contribution in [2.24, 2.45) is 0 Å². The number of amides is 1. The van der Waals surface area contributed by atoms with E-state index in [1.54, 1.807) is 6.08 Å². The van der Waals surface area contributed by atoms with Gasteiger partial charge in [0.1, 0.15) is 0 Å². The topological polar surface area (TPSA) is 95.9 Å². The first-order chi connectivity index (χ1) is 34.0. The number of aliphatic hydroxyl groups excluding tert-OH is 2. The molecule has 6 nitrogen and oxygen atoms in total. The first-order valence-corrected chi connectivity index (χ1v) is 30.4. The van der Waals surface area contributed by atoms with Gasteiger partial charge in [0.15, 0.2) is 0 Å². The van der Waals surface area contributed by atoms with Crippen LogP contribution >= 0.6 is 0 Å². The number of hydrogen-bond acceptors (Lipinski definition) is 5. The summed E-state index contributed by atoms with van der Waals surface area (Å²) in [5.41, 5.74) is 0. The average molecular weight is 969 g/mol. The Morgan fingerprint density at radius 2 is 0.725 bits per heavy atom. The number of esters is 1. The van der Waals surface area contributed by atoms with Crippen molar-refractivity contribution in [1.29, 1.82) is 0 Å². The Morgan fingerprint density at radius 1 is 0.406 bits per heavy atom. The summed E-state index contributed by atoms with van der Waals surface area (Å²) < 4.78 is 5.49. The molecule has 404 valence electrons. The van der Waals surface area contributed by atoms with E-state index in [1.807, 2.05) is 6.08 Å². The highest BCUT2D eigenvalue weighted by atomic mass is 16.5. The smallest absolute Gasteiger partial charge is 0.305 e. The molecule has 0 aliphatic heterocycles. The Bertz CT molecular complexity index is 1160. The lowest BCUT2D eigenvalue weighted by Crippen LogP contribution is -2.45. The van der Waals surface area contributed by atoms with Gasteiger partial charge >= 0.3 is 5.97 Å². The van der Waals surface area contributed by atoms with Gasteiger partial charge in [-0.15, -0.1) is 0 Å². The van der Waals surface area contributed by atoms with Crippen LogP contribution in [-0.4, -0.2) is 47.4 Å². The van der Waals surface area contributed by atoms with E-state index < -0.39 is 12.1 Å². The van der Waals surface area contributed by atoms with Gasteiger partial charge in [-0.3, -0.25) is 9.59 Å². The molecule has 0 radical (unpaired) electrons. The molecule has 2 unspecified atom stereocenters. The Kier molecular flexibility index (Phi) is 56.5. The summed E-state index contributed by atoms with van der Waals surface area (Å²) in [7, 11) is 0. The zero-order valence-electron chi connectivity index (χ0n) is 46.0. The number of carbonyl (C=O) groups excluding carboxylic acids is 2. The summed E-state index contributed by atoms with van der Waals surface area (Å²) in [6, 6.07) is -0.631. The molecule has 0 bridgehead atoms. The molecule has 0 spiro atoms. The minimum absolute atomic E-state index is 0.00668. The van der Waals surface area contributed by atoms with Gasteiger partial charge in [-0.05, 0) is 89.9 Å². The van der Waals surface area contributed by atoms with Crippen LogP contribution in [0.4, 0.5) is 0 Å². The molecule has 0 aliphatic carbocycles. The molecule has 69 heavy (non-hydrogen) atoms. The number of rotatable bonds is 56. The monoisotopic (exact) mass is 968 g/mol. The molecule has 0 fully saturated rings. The first-order valence-electron chi connectivity index (χ1n) is 30.4. The van der Waals surface area contributed by atoms with Gasteiger partial charge in [0, 0.05) is 12.8 Å². The summed E-state index contributed by atoms with van der Waals surface area (Å²) in [6.45, 7) is 4.86. The lowest BCUT2D eigenvalue weighted by atomic mass is 10.0. The molecule has 0 saturated carbocycles. The summed E-state index contributed by atoms with van der Waals surface area (Å²) in [6.07, 6.45) is 74.4. The molecule has 0 rings (SSSR count). The van der Waals surface area contributed by atoms with E-state index in [9.17, 15) is 19.8 Å². The van der Waals surface area contributed by atoms with Gasteiger partial charge in [-0.1, -0.05) is 262 Å². The second kappa shape index (κ2) is 58.4. The van der Waals surface area contributed by atoms with Gasteiger partial charge in [0.2, 0.25) is 5.91 Å². The van der Waals surface area contributed by atoms with Crippen molar-refractivity contribution in [2.45, 2.75) is 328 Å². The van der Waals surface area contributed by atoms with Gasteiger partial charge in [-0.2, -0.15) is 0 Å². The highest BCUT2D eigenvalue weighted by molar-refractivity contribution is 5.76. The SMILES string of the molecule is CCCCC/C=C\C/C=C\CCCCCCCCCCCC(=O)OCCCCCCCCCCCCCC/C=C\CCCCCCCCCC(=O)NC(CO)C(O)/C=C/CCCCCCCCCC. The van der Waals surface area contributed by atoms with Crippen molar-refractivity contribution in [3.05, 3.63) is 48.6 Å². The zero-order chi connectivity index (χ0) is 50.0. The fourth-order valence-corrected chi connectivity index (χ4v) is 9.13. The van der Waals surface area contributed by atoms with Gasteiger partial charge < -0.3 is 20.3 Å². The minimum atomic E-state index is -0.847. The predicted octanol–water partition coefficient (Wildman–Crippen LogP) is 19.0. The van der Waals surface area contributed by atoms with Crippen LogP contribution in [0.25, 0.3) is 0 Å². The van der Waals surface area contributed by atoms with Crippen molar-refractivity contribution >= 4 is 11.9 Å². The van der Waals surface area contributed by atoms with Crippen LogP contribution in [0, 0.1) is 0 Å². The van der Waals surface area contributed by atoms with E-state index in [2.05, 4.69) is 55.6 Å². The van der Waals surface area contributed by atoms with Gasteiger partial charge in [0.05, 0.1) is 25.4 Å². The minimum Gasteiger partial charge on any atom is -0.466 e. The summed E-state index contributed by atoms with van der Waals surface area (Å²) in [5, 5.41) is 23.0. The van der Waals surface area contributed by atoms with E-state index in [0.29, 0.717) is 19.4 Å². The fourth-order valence-electron chi connectivity index (χ4n) is 9.13. The van der Waals surface area contributed by atoms with Crippen molar-refractivity contribution < 1.29 is 24.5 Å². The number of aliphatic hydroxyl groups is 2. The molecule has 0 heterocycles. The maximum atomic E-state index is 12.4. The van der Waals surface area contributed by atoms with E-state index in [1.165, 1.54) is 231 Å². The van der Waals surface area contributed by atoms with Gasteiger partial charge in [0.25, 0.3) is 0 Å². The van der Waals surface area contributed by atoms with Crippen LogP contribution in [0.5, 0.6) is 0 Å². The predicted molar refractivity (Wildman–Crippen MR) is 301 cm³/mol. The molecule has 0 saturated heterocycles. The molecular weight excluding hydrogens is 851 g/mol. The van der Waals surface area contributed by atoms with Crippen LogP contribution in [0.15, 0.2) is 48.6 Å². The zero-order valence-corrected chi connectivity index (χ0v) is 46.0. The maximum Gasteiger partial charge on any atom is 0.305 e. The van der Waals surface area contributed by atoms with E-state index in [4.69, 9.17) is 4.74 Å². The van der Waals surface area contributed by atoms with Crippen molar-refractivity contribution in [2.75, 3.05) is 13.2 Å². The van der Waals surface area contributed by atoms with Crippen molar-refractivity contribution in [3.8, 4) is 0 Å². The Hall–Kier alpha value is -2.18. The first kappa shape index (κ1) is 66.8.